The van der Waals surface area contributed by atoms with Gasteiger partial charge in [-0.3, -0.25) is 49.4 Å². The van der Waals surface area contributed by atoms with Crippen molar-refractivity contribution in [1.82, 2.24) is 44.3 Å². The van der Waals surface area contributed by atoms with Crippen LogP contribution in [0.1, 0.15) is 101 Å². The molecule has 1 unspecified atom stereocenters. The average Bonchev–Trinajstić information content (AvgIpc) is 3.91. The Bertz CT molecular complexity index is 2740. The zero-order valence-corrected chi connectivity index (χ0v) is 37.8. The van der Waals surface area contributed by atoms with Crippen molar-refractivity contribution in [3.8, 4) is 17.1 Å². The summed E-state index contributed by atoms with van der Waals surface area (Å²) in [5, 5.41) is 13.5. The Morgan fingerprint density at radius 3 is 2.48 bits per heavy atom. The molecule has 17 nitrogen and oxygen atoms in total. The van der Waals surface area contributed by atoms with Gasteiger partial charge in [0.1, 0.15) is 6.04 Å². The molecule has 5 aliphatic rings. The minimum atomic E-state index is -0.981. The van der Waals surface area contributed by atoms with Crippen LogP contribution in [-0.4, -0.2) is 120 Å². The molecule has 344 valence electrons. The van der Waals surface area contributed by atoms with Gasteiger partial charge >= 0.3 is 0 Å². The number of aryl methyl sites for hydroxylation is 2. The van der Waals surface area contributed by atoms with Gasteiger partial charge in [0, 0.05) is 62.6 Å². The predicted molar refractivity (Wildman–Crippen MR) is 247 cm³/mol. The van der Waals surface area contributed by atoms with E-state index in [1.165, 1.54) is 5.56 Å². The van der Waals surface area contributed by atoms with Gasteiger partial charge in [-0.05, 0) is 131 Å². The van der Waals surface area contributed by atoms with E-state index in [4.69, 9.17) is 14.7 Å². The molecule has 5 aliphatic heterocycles. The molecule has 3 fully saturated rings. The molecule has 17 heteroatoms. The number of rotatable bonds is 7. The number of ether oxygens (including phenoxy) is 1. The summed E-state index contributed by atoms with van der Waals surface area (Å²) < 4.78 is 10.2. The smallest absolute Gasteiger partial charge is 0.262 e. The van der Waals surface area contributed by atoms with Gasteiger partial charge < -0.3 is 19.5 Å². The monoisotopic (exact) mass is 895 g/mol. The lowest BCUT2D eigenvalue weighted by Crippen LogP contribution is -2.54. The van der Waals surface area contributed by atoms with Gasteiger partial charge in [-0.15, -0.1) is 0 Å². The SMILES string of the molecule is Cc1cc2cc(n1)-c1cnn(C)c1OCCC[C@@H](C)Cn1c(nc3ccc(CN4CCC(CN5CCC[C@@H](Nc6ccc7c(c6)C(=O)N(C6CCC(=O)NC6=O)C7=O)C5)CC4)cc31)NC2=O. The van der Waals surface area contributed by atoms with E-state index in [2.05, 4.69) is 60.5 Å². The number of anilines is 2. The second kappa shape index (κ2) is 18.1. The van der Waals surface area contributed by atoms with E-state index < -0.39 is 29.7 Å². The second-order valence-corrected chi connectivity index (χ2v) is 19.0. The molecule has 2 aromatic carbocycles. The third kappa shape index (κ3) is 8.80. The molecule has 3 aromatic heterocycles. The number of pyridine rings is 1. The molecule has 5 aromatic rings. The number of carbonyl (C=O) groups excluding carboxylic acids is 5. The summed E-state index contributed by atoms with van der Waals surface area (Å²) in [5.41, 5.74) is 7.04. The molecular formula is C49H57N11O6. The van der Waals surface area contributed by atoms with Crippen LogP contribution in [0.4, 0.5) is 11.6 Å². The van der Waals surface area contributed by atoms with Crippen LogP contribution in [0.15, 0.2) is 54.7 Å². The van der Waals surface area contributed by atoms with Crippen LogP contribution in [0.25, 0.3) is 22.3 Å². The van der Waals surface area contributed by atoms with Crippen molar-refractivity contribution in [1.29, 1.82) is 0 Å². The number of hydrogen-bond donors (Lipinski definition) is 3. The van der Waals surface area contributed by atoms with E-state index in [1.807, 2.05) is 20.0 Å². The van der Waals surface area contributed by atoms with E-state index in [0.29, 0.717) is 48.1 Å². The Balaban J connectivity index is 0.759. The molecule has 66 heavy (non-hydrogen) atoms. The zero-order chi connectivity index (χ0) is 45.6. The van der Waals surface area contributed by atoms with E-state index in [0.717, 1.165) is 111 Å². The molecular weight excluding hydrogens is 839 g/mol. The maximum absolute atomic E-state index is 13.9. The number of benzene rings is 2. The molecule has 8 heterocycles. The van der Waals surface area contributed by atoms with Crippen LogP contribution in [0.5, 0.6) is 5.88 Å². The summed E-state index contributed by atoms with van der Waals surface area (Å²) in [6.45, 7) is 11.2. The number of imidazole rings is 1. The second-order valence-electron chi connectivity index (χ2n) is 19.0. The molecule has 3 atom stereocenters. The summed E-state index contributed by atoms with van der Waals surface area (Å²) in [7, 11) is 1.85. The Kier molecular flexibility index (Phi) is 11.9. The molecule has 10 rings (SSSR count). The zero-order valence-electron chi connectivity index (χ0n) is 37.8. The summed E-state index contributed by atoms with van der Waals surface area (Å²) >= 11 is 0. The van der Waals surface area contributed by atoms with Crippen molar-refractivity contribution in [3.63, 3.8) is 0 Å². The normalized spacial score (nSPS) is 22.5. The number of nitrogens with one attached hydrogen (secondary N) is 3. The van der Waals surface area contributed by atoms with Gasteiger partial charge in [0.2, 0.25) is 23.6 Å². The van der Waals surface area contributed by atoms with Crippen LogP contribution in [0.2, 0.25) is 0 Å². The Morgan fingerprint density at radius 1 is 0.818 bits per heavy atom. The van der Waals surface area contributed by atoms with Crippen molar-refractivity contribution in [2.75, 3.05) is 50.0 Å². The lowest BCUT2D eigenvalue weighted by atomic mass is 9.94. The molecule has 0 aliphatic carbocycles. The molecule has 3 N–H and O–H groups in total. The van der Waals surface area contributed by atoms with Gasteiger partial charge in [-0.1, -0.05) is 13.0 Å². The minimum Gasteiger partial charge on any atom is -0.477 e. The van der Waals surface area contributed by atoms with E-state index >= 15 is 0 Å². The number of amides is 5. The highest BCUT2D eigenvalue weighted by molar-refractivity contribution is 6.23. The van der Waals surface area contributed by atoms with Gasteiger partial charge in [-0.25, -0.2) is 9.67 Å². The maximum atomic E-state index is 13.9. The maximum Gasteiger partial charge on any atom is 0.262 e. The number of hydrogen-bond acceptors (Lipinski definition) is 12. The highest BCUT2D eigenvalue weighted by atomic mass is 16.5. The van der Waals surface area contributed by atoms with Crippen molar-refractivity contribution < 1.29 is 28.7 Å². The summed E-state index contributed by atoms with van der Waals surface area (Å²) in [6.07, 6.45) is 8.07. The predicted octanol–water partition coefficient (Wildman–Crippen LogP) is 5.39. The number of piperidine rings is 3. The highest BCUT2D eigenvalue weighted by Gasteiger charge is 2.45. The summed E-state index contributed by atoms with van der Waals surface area (Å²) in [4.78, 5) is 80.5. The fourth-order valence-corrected chi connectivity index (χ4v) is 10.5. The number of aromatic nitrogens is 5. The van der Waals surface area contributed by atoms with Crippen LogP contribution in [0, 0.1) is 18.8 Å². The standard InChI is InChI=1S/C49H57N11O6/c1-29-6-5-19-66-48-38(24-50-56(48)3)40-22-33(20-30(2)51-40)44(62)55-49-53-39-11-8-32(21-42(39)59(49)25-29)27-57-17-14-31(15-18-57)26-58-16-4-7-35(28-58)52-34-9-10-36-37(23-34)47(65)60(46(36)64)41-12-13-43(61)54-45(41)63/h8-11,20-24,29,31,35,41,52H,4-7,12-19,25-28H2,1-3H3,(H,53,55,62)(H,54,61,63)/t29-,35-,41?/m1/s1. The first-order valence-electron chi connectivity index (χ1n) is 23.5. The third-order valence-corrected chi connectivity index (χ3v) is 13.9. The van der Waals surface area contributed by atoms with Crippen LogP contribution >= 0.6 is 0 Å². The van der Waals surface area contributed by atoms with Crippen LogP contribution in [0.3, 0.4) is 0 Å². The number of nitrogens with zero attached hydrogens (tertiary/aromatic N) is 8. The first-order valence-corrected chi connectivity index (χ1v) is 23.5. The molecule has 0 saturated carbocycles. The fourth-order valence-electron chi connectivity index (χ4n) is 10.5. The Labute approximate surface area is 383 Å². The minimum absolute atomic E-state index is 0.0887. The fraction of sp³-hybridized carbons (Fsp3) is 0.469. The molecule has 0 spiro atoms. The van der Waals surface area contributed by atoms with E-state index in [-0.39, 0.29) is 35.9 Å². The van der Waals surface area contributed by atoms with Gasteiger partial charge in [0.05, 0.1) is 46.2 Å². The van der Waals surface area contributed by atoms with Crippen molar-refractivity contribution in [2.24, 2.45) is 18.9 Å². The molecule has 2 bridgehead atoms. The molecule has 5 amide bonds. The first kappa shape index (κ1) is 43.4. The Hall–Kier alpha value is -6.46. The number of fused-ring (bicyclic) bond motifs is 8. The number of carbonyl (C=O) groups is 5. The van der Waals surface area contributed by atoms with Crippen molar-refractivity contribution >= 4 is 52.2 Å². The lowest BCUT2D eigenvalue weighted by molar-refractivity contribution is -0.136. The highest BCUT2D eigenvalue weighted by Crippen LogP contribution is 2.33. The van der Waals surface area contributed by atoms with Crippen molar-refractivity contribution in [2.45, 2.75) is 90.4 Å². The largest absolute Gasteiger partial charge is 0.477 e. The van der Waals surface area contributed by atoms with Crippen LogP contribution < -0.4 is 20.7 Å². The lowest BCUT2D eigenvalue weighted by Gasteiger charge is -2.38. The first-order chi connectivity index (χ1) is 31.9. The number of imide groups is 2. The summed E-state index contributed by atoms with van der Waals surface area (Å²) in [6, 6.07) is 14.5. The van der Waals surface area contributed by atoms with E-state index in [9.17, 15) is 24.0 Å². The van der Waals surface area contributed by atoms with Crippen molar-refractivity contribution in [3.05, 3.63) is 82.7 Å². The van der Waals surface area contributed by atoms with Gasteiger partial charge in [0.15, 0.2) is 0 Å². The van der Waals surface area contributed by atoms with Gasteiger partial charge in [0.25, 0.3) is 17.7 Å². The Morgan fingerprint density at radius 2 is 1.65 bits per heavy atom. The topological polar surface area (TPSA) is 189 Å². The molecule has 0 radical (unpaired) electrons. The van der Waals surface area contributed by atoms with Gasteiger partial charge in [-0.2, -0.15) is 5.10 Å². The van der Waals surface area contributed by atoms with E-state index in [1.54, 1.807) is 35.1 Å². The average molecular weight is 896 g/mol. The summed E-state index contributed by atoms with van der Waals surface area (Å²) in [5.74, 6) is -0.163. The quantitative estimate of drug-likeness (QED) is 0.177. The third-order valence-electron chi connectivity index (χ3n) is 13.9. The molecule has 3 saturated heterocycles. The number of likely N-dealkylation sites (tertiary alicyclic amines) is 2. The van der Waals surface area contributed by atoms with Crippen LogP contribution in [-0.2, 0) is 29.7 Å².